The molecule has 2 aliphatic heterocycles. The van der Waals surface area contributed by atoms with Crippen molar-refractivity contribution in [2.75, 3.05) is 24.4 Å². The van der Waals surface area contributed by atoms with Crippen LogP contribution in [0.3, 0.4) is 0 Å². The van der Waals surface area contributed by atoms with E-state index in [2.05, 4.69) is 5.43 Å². The normalized spacial score (nSPS) is 18.3. The Morgan fingerprint density at radius 1 is 1.28 bits per heavy atom. The second-order valence-corrected chi connectivity index (χ2v) is 8.80. The largest absolute Gasteiger partial charge is 0.491 e. The molecule has 0 saturated carbocycles. The third-order valence-corrected chi connectivity index (χ3v) is 5.82. The van der Waals surface area contributed by atoms with E-state index in [-0.39, 0.29) is 34.8 Å². The van der Waals surface area contributed by atoms with Gasteiger partial charge in [0.05, 0.1) is 17.0 Å². The standard InChI is InChI=1S/C18H20N4O6S/c1-29(26,27)14-4-2-12(3-5-14)22-15(11-19)16(10-17(23)20-22)28-13-6-8-21(9-7-13)18(24)25/h2-5,13H,6-10H2,1H3,(H,20,23)(H,24,25). The van der Waals surface area contributed by atoms with Crippen molar-refractivity contribution in [2.24, 2.45) is 0 Å². The van der Waals surface area contributed by atoms with Gasteiger partial charge in [-0.3, -0.25) is 10.2 Å². The van der Waals surface area contributed by atoms with Crippen LogP contribution in [0.5, 0.6) is 0 Å². The van der Waals surface area contributed by atoms with Gasteiger partial charge >= 0.3 is 6.09 Å². The summed E-state index contributed by atoms with van der Waals surface area (Å²) in [6.45, 7) is 0.635. The van der Waals surface area contributed by atoms with Crippen molar-refractivity contribution < 1.29 is 27.9 Å². The molecule has 2 amide bonds. The van der Waals surface area contributed by atoms with Gasteiger partial charge in [-0.2, -0.15) is 5.26 Å². The molecule has 1 aromatic rings. The van der Waals surface area contributed by atoms with Crippen molar-refractivity contribution in [1.29, 1.82) is 5.26 Å². The average Bonchev–Trinajstić information content (AvgIpc) is 2.67. The van der Waals surface area contributed by atoms with E-state index in [0.717, 1.165) is 6.26 Å². The summed E-state index contributed by atoms with van der Waals surface area (Å²) in [6, 6.07) is 7.79. The molecule has 29 heavy (non-hydrogen) atoms. The molecule has 0 spiro atoms. The molecular formula is C18H20N4O6S. The molecule has 1 aromatic carbocycles. The van der Waals surface area contributed by atoms with Crippen LogP contribution in [-0.2, 0) is 19.4 Å². The third-order valence-electron chi connectivity index (χ3n) is 4.70. The predicted molar refractivity (Wildman–Crippen MR) is 101 cm³/mol. The number of nitrogens with zero attached hydrogens (tertiary/aromatic N) is 3. The molecule has 0 aromatic heterocycles. The summed E-state index contributed by atoms with van der Waals surface area (Å²) in [7, 11) is -3.37. The van der Waals surface area contributed by atoms with Crippen LogP contribution in [-0.4, -0.2) is 55.9 Å². The monoisotopic (exact) mass is 420 g/mol. The Morgan fingerprint density at radius 2 is 1.90 bits per heavy atom. The molecule has 0 bridgehead atoms. The number of hydrogen-bond acceptors (Lipinski definition) is 7. The number of likely N-dealkylation sites (tertiary alicyclic amines) is 1. The summed E-state index contributed by atoms with van der Waals surface area (Å²) in [4.78, 5) is 24.6. The molecule has 1 saturated heterocycles. The summed E-state index contributed by atoms with van der Waals surface area (Å²) >= 11 is 0. The number of rotatable bonds is 4. The zero-order valence-electron chi connectivity index (χ0n) is 15.7. The number of allylic oxidation sites excluding steroid dienone is 1. The summed E-state index contributed by atoms with van der Waals surface area (Å²) < 4.78 is 29.2. The molecule has 11 heteroatoms. The Hall–Kier alpha value is -3.26. The summed E-state index contributed by atoms with van der Waals surface area (Å²) in [6.07, 6.45) is 0.607. The number of piperidine rings is 1. The highest BCUT2D eigenvalue weighted by Crippen LogP contribution is 2.28. The first kappa shape index (κ1) is 20.5. The van der Waals surface area contributed by atoms with E-state index in [1.165, 1.54) is 34.2 Å². The fourth-order valence-corrected chi connectivity index (χ4v) is 3.82. The molecule has 2 heterocycles. The topological polar surface area (TPSA) is 140 Å². The lowest BCUT2D eigenvalue weighted by Crippen LogP contribution is -2.47. The number of benzene rings is 1. The zero-order valence-corrected chi connectivity index (χ0v) is 16.5. The van der Waals surface area contributed by atoms with Crippen LogP contribution in [0.2, 0.25) is 0 Å². The maximum Gasteiger partial charge on any atom is 0.407 e. The Kier molecular flexibility index (Phi) is 5.65. The van der Waals surface area contributed by atoms with Crippen LogP contribution in [0.25, 0.3) is 0 Å². The molecule has 1 fully saturated rings. The number of carbonyl (C=O) groups is 2. The number of carbonyl (C=O) groups excluding carboxylic acids is 1. The molecule has 0 radical (unpaired) electrons. The lowest BCUT2D eigenvalue weighted by molar-refractivity contribution is -0.122. The van der Waals surface area contributed by atoms with Crippen molar-refractivity contribution in [3.8, 4) is 6.07 Å². The number of hydrazine groups is 1. The predicted octanol–water partition coefficient (Wildman–Crippen LogP) is 1.23. The number of ether oxygens (including phenoxy) is 1. The Balaban J connectivity index is 1.83. The van der Waals surface area contributed by atoms with Gasteiger partial charge in [-0.05, 0) is 24.3 Å². The van der Waals surface area contributed by atoms with E-state index < -0.39 is 15.9 Å². The molecular weight excluding hydrogens is 400 g/mol. The minimum Gasteiger partial charge on any atom is -0.491 e. The maximum atomic E-state index is 12.2. The fourth-order valence-electron chi connectivity index (χ4n) is 3.19. The van der Waals surface area contributed by atoms with Crippen LogP contribution in [0.1, 0.15) is 19.3 Å². The number of nitrogens with one attached hydrogen (secondary N) is 1. The quantitative estimate of drug-likeness (QED) is 0.741. The second-order valence-electron chi connectivity index (χ2n) is 6.78. The van der Waals surface area contributed by atoms with Crippen LogP contribution < -0.4 is 10.4 Å². The summed E-state index contributed by atoms with van der Waals surface area (Å²) in [5, 5.41) is 19.9. The van der Waals surface area contributed by atoms with Gasteiger partial charge in [-0.1, -0.05) is 0 Å². The van der Waals surface area contributed by atoms with Crippen LogP contribution in [0.4, 0.5) is 10.5 Å². The lowest BCUT2D eigenvalue weighted by atomic mass is 10.1. The average molecular weight is 420 g/mol. The number of sulfone groups is 1. The number of nitriles is 1. The van der Waals surface area contributed by atoms with Crippen LogP contribution in [0, 0.1) is 11.3 Å². The van der Waals surface area contributed by atoms with E-state index >= 15 is 0 Å². The molecule has 0 unspecified atom stereocenters. The van der Waals surface area contributed by atoms with Gasteiger partial charge in [-0.25, -0.2) is 18.2 Å². The van der Waals surface area contributed by atoms with Gasteiger partial charge in [0.2, 0.25) is 5.91 Å². The van der Waals surface area contributed by atoms with Gasteiger partial charge in [0.25, 0.3) is 0 Å². The van der Waals surface area contributed by atoms with Crippen molar-refractivity contribution in [2.45, 2.75) is 30.3 Å². The number of anilines is 1. The molecule has 154 valence electrons. The smallest absolute Gasteiger partial charge is 0.407 e. The Morgan fingerprint density at radius 3 is 2.41 bits per heavy atom. The first-order chi connectivity index (χ1) is 13.7. The highest BCUT2D eigenvalue weighted by molar-refractivity contribution is 7.90. The first-order valence-corrected chi connectivity index (χ1v) is 10.8. The molecule has 2 N–H and O–H groups in total. The van der Waals surface area contributed by atoms with E-state index in [1.54, 1.807) is 0 Å². The zero-order chi connectivity index (χ0) is 21.2. The fraction of sp³-hybridized carbons (Fsp3) is 0.389. The minimum atomic E-state index is -3.37. The van der Waals surface area contributed by atoms with Gasteiger partial charge < -0.3 is 14.7 Å². The van der Waals surface area contributed by atoms with Crippen molar-refractivity contribution in [3.63, 3.8) is 0 Å². The lowest BCUT2D eigenvalue weighted by Gasteiger charge is -2.34. The molecule has 2 aliphatic rings. The van der Waals surface area contributed by atoms with Crippen molar-refractivity contribution >= 4 is 27.5 Å². The second kappa shape index (κ2) is 8.00. The number of amides is 2. The molecule has 0 atom stereocenters. The van der Waals surface area contributed by atoms with Crippen LogP contribution >= 0.6 is 0 Å². The minimum absolute atomic E-state index is 0.0948. The Bertz CT molecular complexity index is 988. The van der Waals surface area contributed by atoms with E-state index in [0.29, 0.717) is 31.6 Å². The summed E-state index contributed by atoms with van der Waals surface area (Å²) in [5.41, 5.74) is 3.08. The van der Waals surface area contributed by atoms with Gasteiger partial charge in [-0.15, -0.1) is 0 Å². The van der Waals surface area contributed by atoms with Gasteiger partial charge in [0.1, 0.15) is 17.9 Å². The molecule has 3 rings (SSSR count). The van der Waals surface area contributed by atoms with Crippen LogP contribution in [0.15, 0.2) is 40.6 Å². The highest BCUT2D eigenvalue weighted by atomic mass is 32.2. The van der Waals surface area contributed by atoms with Crippen molar-refractivity contribution in [1.82, 2.24) is 10.3 Å². The van der Waals surface area contributed by atoms with Gasteiger partial charge in [0.15, 0.2) is 15.5 Å². The molecule has 0 aliphatic carbocycles. The van der Waals surface area contributed by atoms with E-state index in [4.69, 9.17) is 9.84 Å². The number of carboxylic acid groups (broad SMARTS) is 1. The maximum absolute atomic E-state index is 12.2. The summed E-state index contributed by atoms with van der Waals surface area (Å²) in [5.74, 6) is -0.175. The van der Waals surface area contributed by atoms with Crippen molar-refractivity contribution in [3.05, 3.63) is 35.7 Å². The van der Waals surface area contributed by atoms with E-state index in [9.17, 15) is 23.3 Å². The third kappa shape index (κ3) is 4.60. The number of hydrogen-bond donors (Lipinski definition) is 2. The SMILES string of the molecule is CS(=O)(=O)c1ccc(N2NC(=O)CC(OC3CCN(C(=O)O)CC3)=C2C#N)cc1. The molecule has 10 nitrogen and oxygen atoms in total. The van der Waals surface area contributed by atoms with Gasteiger partial charge in [0, 0.05) is 32.2 Å². The highest BCUT2D eigenvalue weighted by Gasteiger charge is 2.31. The van der Waals surface area contributed by atoms with E-state index in [1.807, 2.05) is 6.07 Å². The Labute approximate surface area is 167 Å². The first-order valence-electron chi connectivity index (χ1n) is 8.86.